The molecule has 1 aliphatic heterocycles. The lowest BCUT2D eigenvalue weighted by molar-refractivity contribution is 0.00523. The molecule has 1 saturated heterocycles. The van der Waals surface area contributed by atoms with Gasteiger partial charge in [0.15, 0.2) is 5.69 Å². The van der Waals surface area contributed by atoms with Crippen LogP contribution in [0.4, 0.5) is 9.18 Å². The highest BCUT2D eigenvalue weighted by Crippen LogP contribution is 2.29. The molecule has 1 aromatic heterocycles. The van der Waals surface area contributed by atoms with Crippen LogP contribution in [0.3, 0.4) is 0 Å². The third kappa shape index (κ3) is 3.93. The minimum Gasteiger partial charge on any atom is -0.476 e. The molecule has 0 spiro atoms. The third-order valence-electron chi connectivity index (χ3n) is 3.43. The molecule has 0 saturated carbocycles. The number of carbonyl (C=O) groups is 2. The maximum atomic E-state index is 14.5. The van der Waals surface area contributed by atoms with Crippen LogP contribution < -0.4 is 0 Å². The molecular weight excluding hydrogens is 329 g/mol. The molecule has 2 rings (SSSR count). The minimum atomic E-state index is -1.47. The topological polar surface area (TPSA) is 84.7 Å². The summed E-state index contributed by atoms with van der Waals surface area (Å²) in [7, 11) is 0. The fraction of sp³-hybridized carbons (Fsp3) is 0.643. The van der Waals surface area contributed by atoms with Gasteiger partial charge in [0.05, 0.1) is 23.8 Å². The van der Waals surface area contributed by atoms with Crippen LogP contribution >= 0.6 is 11.6 Å². The molecule has 2 atom stereocenters. The van der Waals surface area contributed by atoms with Gasteiger partial charge in [0, 0.05) is 6.54 Å². The summed E-state index contributed by atoms with van der Waals surface area (Å²) >= 11 is 5.79. The van der Waals surface area contributed by atoms with Crippen molar-refractivity contribution >= 4 is 23.7 Å². The number of likely N-dealkylation sites (tertiary alicyclic amines) is 1. The van der Waals surface area contributed by atoms with Gasteiger partial charge in [0.25, 0.3) is 0 Å². The zero-order valence-electron chi connectivity index (χ0n) is 13.1. The molecule has 1 fully saturated rings. The van der Waals surface area contributed by atoms with E-state index in [-0.39, 0.29) is 30.2 Å². The van der Waals surface area contributed by atoms with Crippen molar-refractivity contribution in [1.82, 2.24) is 14.7 Å². The van der Waals surface area contributed by atoms with Gasteiger partial charge in [-0.25, -0.2) is 14.0 Å². The Kier molecular flexibility index (Phi) is 4.84. The molecule has 0 aromatic carbocycles. The van der Waals surface area contributed by atoms with Gasteiger partial charge in [-0.05, 0) is 27.2 Å². The van der Waals surface area contributed by atoms with Crippen LogP contribution in [-0.4, -0.2) is 56.7 Å². The maximum Gasteiger partial charge on any atom is 0.410 e. The van der Waals surface area contributed by atoms with Crippen LogP contribution in [0.1, 0.15) is 43.7 Å². The van der Waals surface area contributed by atoms with E-state index in [1.807, 2.05) is 0 Å². The van der Waals surface area contributed by atoms with Crippen molar-refractivity contribution in [3.8, 4) is 0 Å². The van der Waals surface area contributed by atoms with Crippen molar-refractivity contribution in [2.24, 2.45) is 0 Å². The van der Waals surface area contributed by atoms with Gasteiger partial charge in [-0.15, -0.1) is 0 Å². The molecule has 0 aliphatic carbocycles. The van der Waals surface area contributed by atoms with Gasteiger partial charge in [-0.2, -0.15) is 5.10 Å². The van der Waals surface area contributed by atoms with Crippen molar-refractivity contribution in [1.29, 1.82) is 0 Å². The number of alkyl halides is 1. The number of aromatic carboxylic acids is 1. The van der Waals surface area contributed by atoms with Gasteiger partial charge >= 0.3 is 12.1 Å². The number of rotatable bonds is 2. The highest BCUT2D eigenvalue weighted by molar-refractivity contribution is 6.33. The van der Waals surface area contributed by atoms with Crippen LogP contribution in [0, 0.1) is 0 Å². The Morgan fingerprint density at radius 2 is 2.13 bits per heavy atom. The highest BCUT2D eigenvalue weighted by Gasteiger charge is 2.37. The molecule has 7 nitrogen and oxygen atoms in total. The summed E-state index contributed by atoms with van der Waals surface area (Å²) in [6, 6.07) is -0.785. The molecule has 0 bridgehead atoms. The van der Waals surface area contributed by atoms with Crippen LogP contribution in [0.5, 0.6) is 0 Å². The first-order chi connectivity index (χ1) is 10.6. The predicted molar refractivity (Wildman–Crippen MR) is 80.6 cm³/mol. The quantitative estimate of drug-likeness (QED) is 0.889. The van der Waals surface area contributed by atoms with Crippen LogP contribution in [0.2, 0.25) is 5.02 Å². The molecule has 1 N–H and O–H groups in total. The third-order valence-corrected chi connectivity index (χ3v) is 3.70. The zero-order chi connectivity index (χ0) is 17.4. The lowest BCUT2D eigenvalue weighted by Crippen LogP contribution is -2.47. The standard InChI is InChI=1S/C14H19ClFN3O4/c1-14(2,3)23-13(22)18-5-4-10(9(16)7-18)19-11(12(20)21)8(15)6-17-19/h6,9-10H,4-5,7H2,1-3H3,(H,20,21)/t9-,10-/m1/s1. The Labute approximate surface area is 138 Å². The number of halogens is 2. The molecule has 1 aliphatic rings. The van der Waals surface area contributed by atoms with Gasteiger partial charge < -0.3 is 14.7 Å². The Hall–Kier alpha value is -1.83. The summed E-state index contributed by atoms with van der Waals surface area (Å²) in [6.45, 7) is 5.26. The maximum absolute atomic E-state index is 14.5. The molecule has 23 heavy (non-hydrogen) atoms. The van der Waals surface area contributed by atoms with Crippen molar-refractivity contribution in [2.75, 3.05) is 13.1 Å². The molecule has 9 heteroatoms. The van der Waals surface area contributed by atoms with E-state index in [0.717, 1.165) is 4.68 Å². The van der Waals surface area contributed by atoms with Crippen molar-refractivity contribution in [2.45, 2.75) is 45.0 Å². The number of nitrogens with zero attached hydrogens (tertiary/aromatic N) is 3. The van der Waals surface area contributed by atoms with Crippen molar-refractivity contribution in [3.63, 3.8) is 0 Å². The van der Waals surface area contributed by atoms with Crippen molar-refractivity contribution < 1.29 is 23.8 Å². The summed E-state index contributed by atoms with van der Waals surface area (Å²) in [5, 5.41) is 13.0. The fourth-order valence-electron chi connectivity index (χ4n) is 2.45. The fourth-order valence-corrected chi connectivity index (χ4v) is 2.66. The van der Waals surface area contributed by atoms with Crippen LogP contribution in [-0.2, 0) is 4.74 Å². The number of hydrogen-bond acceptors (Lipinski definition) is 4. The van der Waals surface area contributed by atoms with E-state index in [4.69, 9.17) is 21.4 Å². The smallest absolute Gasteiger partial charge is 0.410 e. The second-order valence-electron chi connectivity index (χ2n) is 6.39. The molecule has 1 amide bonds. The zero-order valence-corrected chi connectivity index (χ0v) is 13.9. The second kappa shape index (κ2) is 6.35. The average molecular weight is 348 g/mol. The molecule has 128 valence electrons. The first-order valence-electron chi connectivity index (χ1n) is 7.18. The van der Waals surface area contributed by atoms with E-state index in [1.54, 1.807) is 20.8 Å². The van der Waals surface area contributed by atoms with E-state index < -0.39 is 29.9 Å². The summed E-state index contributed by atoms with van der Waals surface area (Å²) in [6.07, 6.45) is -0.655. The van der Waals surface area contributed by atoms with E-state index in [0.29, 0.717) is 0 Å². The molecular formula is C14H19ClFN3O4. The molecule has 1 aromatic rings. The SMILES string of the molecule is CC(C)(C)OC(=O)N1CC[C@@H](n2ncc(Cl)c2C(=O)O)[C@H](F)C1. The number of ether oxygens (including phenoxy) is 1. The number of aromatic nitrogens is 2. The normalized spacial score (nSPS) is 22.0. The Morgan fingerprint density at radius 1 is 1.48 bits per heavy atom. The first kappa shape index (κ1) is 17.5. The summed E-state index contributed by atoms with van der Waals surface area (Å²) < 4.78 is 20.8. The summed E-state index contributed by atoms with van der Waals surface area (Å²) in [5.74, 6) is -1.27. The molecule has 0 unspecified atom stereocenters. The number of carboxylic acids is 1. The number of amides is 1. The van der Waals surface area contributed by atoms with E-state index >= 15 is 0 Å². The summed E-state index contributed by atoms with van der Waals surface area (Å²) in [4.78, 5) is 24.5. The largest absolute Gasteiger partial charge is 0.476 e. The van der Waals surface area contributed by atoms with E-state index in [1.165, 1.54) is 11.1 Å². The highest BCUT2D eigenvalue weighted by atomic mass is 35.5. The van der Waals surface area contributed by atoms with E-state index in [9.17, 15) is 14.0 Å². The monoisotopic (exact) mass is 347 g/mol. The van der Waals surface area contributed by atoms with E-state index in [2.05, 4.69) is 5.10 Å². The van der Waals surface area contributed by atoms with Gasteiger partial charge in [0.1, 0.15) is 11.8 Å². The minimum absolute atomic E-state index is 0.0423. The second-order valence-corrected chi connectivity index (χ2v) is 6.80. The number of carbonyl (C=O) groups excluding carboxylic acids is 1. The Balaban J connectivity index is 2.11. The Morgan fingerprint density at radius 3 is 2.65 bits per heavy atom. The van der Waals surface area contributed by atoms with Crippen molar-refractivity contribution in [3.05, 3.63) is 16.9 Å². The molecule has 2 heterocycles. The molecule has 0 radical (unpaired) electrons. The first-order valence-corrected chi connectivity index (χ1v) is 7.56. The van der Waals surface area contributed by atoms with Crippen LogP contribution in [0.25, 0.3) is 0 Å². The predicted octanol–water partition coefficient (Wildman–Crippen LogP) is 2.75. The number of piperidine rings is 1. The number of carboxylic acid groups (broad SMARTS) is 1. The van der Waals surface area contributed by atoms with Gasteiger partial charge in [-0.3, -0.25) is 4.68 Å². The van der Waals surface area contributed by atoms with Gasteiger partial charge in [-0.1, -0.05) is 11.6 Å². The lowest BCUT2D eigenvalue weighted by atomic mass is 10.0. The van der Waals surface area contributed by atoms with Gasteiger partial charge in [0.2, 0.25) is 0 Å². The number of hydrogen-bond donors (Lipinski definition) is 1. The lowest BCUT2D eigenvalue weighted by Gasteiger charge is -2.35. The van der Waals surface area contributed by atoms with Crippen LogP contribution in [0.15, 0.2) is 6.20 Å². The Bertz CT molecular complexity index is 614. The summed E-state index contributed by atoms with van der Waals surface area (Å²) in [5.41, 5.74) is -0.906. The average Bonchev–Trinajstić information content (AvgIpc) is 2.78.